The Morgan fingerprint density at radius 1 is 1.60 bits per heavy atom. The van der Waals surface area contributed by atoms with Crippen molar-refractivity contribution in [1.29, 1.82) is 0 Å². The zero-order valence-electron chi connectivity index (χ0n) is 8.57. The van der Waals surface area contributed by atoms with Gasteiger partial charge in [-0.1, -0.05) is 0 Å². The first kappa shape index (κ1) is 10.9. The second-order valence-corrected chi connectivity index (χ2v) is 7.85. The van der Waals surface area contributed by atoms with Gasteiger partial charge in [0.25, 0.3) is 0 Å². The zero-order valence-corrected chi connectivity index (χ0v) is 11.5. The van der Waals surface area contributed by atoms with Gasteiger partial charge in [-0.15, -0.1) is 0 Å². The van der Waals surface area contributed by atoms with Crippen LogP contribution in [0.3, 0.4) is 0 Å². The number of alkyl halides is 1. The Kier molecular flexibility index (Phi) is 2.29. The molecule has 0 radical (unpaired) electrons. The fourth-order valence-corrected chi connectivity index (χ4v) is 7.51. The summed E-state index contributed by atoms with van der Waals surface area (Å²) in [5.41, 5.74) is -0.784. The van der Waals surface area contributed by atoms with Gasteiger partial charge in [-0.2, -0.15) is 0 Å². The molecule has 3 aliphatic rings. The second kappa shape index (κ2) is 3.16. The summed E-state index contributed by atoms with van der Waals surface area (Å²) in [4.78, 5) is 0. The van der Waals surface area contributed by atoms with Crippen LogP contribution in [0.5, 0.6) is 0 Å². The number of ether oxygens (including phenoxy) is 1. The Morgan fingerprint density at radius 2 is 2.33 bits per heavy atom. The van der Waals surface area contributed by atoms with Crippen LogP contribution in [0.25, 0.3) is 0 Å². The number of halogens is 1. The van der Waals surface area contributed by atoms with Crippen molar-refractivity contribution in [3.63, 3.8) is 0 Å². The topological polar surface area (TPSA) is 58.6 Å². The zero-order chi connectivity index (χ0) is 10.8. The molecular weight excluding hydrogens is 331 g/mol. The summed E-state index contributed by atoms with van der Waals surface area (Å²) < 4.78 is 35.2. The molecule has 0 aromatic rings. The van der Waals surface area contributed by atoms with Crippen LogP contribution >= 0.6 is 0 Å². The first-order valence-electron chi connectivity index (χ1n) is 5.03. The standard InChI is InChI=1S/C9H14IO4S/c1-5-7-9(4-10-13-7)6(15(11)12)3-8(5,2)14-9/h5-7H,3-4H2,1-2H3,(H,11,12)/q-1/p-1. The van der Waals surface area contributed by atoms with Gasteiger partial charge in [-0.3, -0.25) is 0 Å². The first-order valence-corrected chi connectivity index (χ1v) is 8.57. The molecule has 6 atom stereocenters. The molecule has 3 saturated heterocycles. The Balaban J connectivity index is 2.05. The van der Waals surface area contributed by atoms with Crippen molar-refractivity contribution in [2.45, 2.75) is 42.8 Å². The monoisotopic (exact) mass is 344 g/mol. The van der Waals surface area contributed by atoms with Gasteiger partial charge < -0.3 is 0 Å². The minimum absolute atomic E-state index is 0.0203. The van der Waals surface area contributed by atoms with E-state index in [0.29, 0.717) is 12.3 Å². The average molecular weight is 344 g/mol. The van der Waals surface area contributed by atoms with Gasteiger partial charge in [-0.25, -0.2) is 0 Å². The summed E-state index contributed by atoms with van der Waals surface area (Å²) in [5, 5.41) is -0.356. The Bertz CT molecular complexity index is 338. The molecule has 1 spiro atoms. The van der Waals surface area contributed by atoms with E-state index < -0.39 is 16.7 Å². The quantitative estimate of drug-likeness (QED) is 0.293. The third-order valence-corrected chi connectivity index (χ3v) is 7.55. The molecule has 0 aromatic heterocycles. The van der Waals surface area contributed by atoms with Crippen molar-refractivity contribution in [2.75, 3.05) is 4.43 Å². The van der Waals surface area contributed by atoms with Gasteiger partial charge in [0.15, 0.2) is 0 Å². The maximum atomic E-state index is 11.3. The summed E-state index contributed by atoms with van der Waals surface area (Å²) in [5.74, 6) is 0.319. The number of hydrogen-bond donors (Lipinski definition) is 0. The van der Waals surface area contributed by atoms with E-state index in [9.17, 15) is 8.76 Å². The number of rotatable bonds is 1. The molecule has 3 fully saturated rings. The Morgan fingerprint density at radius 3 is 3.00 bits per heavy atom. The van der Waals surface area contributed by atoms with E-state index in [1.165, 1.54) is 0 Å². The van der Waals surface area contributed by atoms with Gasteiger partial charge in [0.2, 0.25) is 0 Å². The normalized spacial score (nSPS) is 60.1. The fourth-order valence-electron chi connectivity index (χ4n) is 3.10. The van der Waals surface area contributed by atoms with Gasteiger partial charge in [0, 0.05) is 0 Å². The molecule has 3 rings (SSSR count). The second-order valence-electron chi connectivity index (χ2n) is 4.86. The van der Waals surface area contributed by atoms with Crippen molar-refractivity contribution < 1.29 is 38.2 Å². The molecule has 0 aliphatic carbocycles. The Hall–Kier alpha value is 0.760. The molecule has 0 saturated carbocycles. The van der Waals surface area contributed by atoms with E-state index in [0.717, 1.165) is 4.43 Å². The third kappa shape index (κ3) is 1.20. The summed E-state index contributed by atoms with van der Waals surface area (Å²) in [6.07, 6.45) is 0.653. The van der Waals surface area contributed by atoms with Crippen LogP contribution in [-0.4, -0.2) is 35.7 Å². The van der Waals surface area contributed by atoms with Crippen LogP contribution in [0, 0.1) is 5.92 Å². The number of hydrogen-bond acceptors (Lipinski definition) is 4. The van der Waals surface area contributed by atoms with Crippen LogP contribution in [0.15, 0.2) is 0 Å². The molecule has 4 nitrogen and oxygen atoms in total. The molecule has 0 aromatic carbocycles. The van der Waals surface area contributed by atoms with Crippen LogP contribution in [0.2, 0.25) is 0 Å². The van der Waals surface area contributed by atoms with Crippen molar-refractivity contribution in [3.8, 4) is 0 Å². The minimum atomic E-state index is -2.04. The average Bonchev–Trinajstić information content (AvgIpc) is 2.73. The molecule has 3 aliphatic heterocycles. The predicted molar refractivity (Wildman–Crippen MR) is 48.4 cm³/mol. The summed E-state index contributed by atoms with van der Waals surface area (Å²) in [6, 6.07) is 0. The maximum absolute atomic E-state index is 11.3. The van der Waals surface area contributed by atoms with E-state index in [4.69, 9.17) is 7.80 Å². The van der Waals surface area contributed by atoms with Crippen molar-refractivity contribution in [3.05, 3.63) is 0 Å². The predicted octanol–water partition coefficient (Wildman–Crippen LogP) is -2.80. The summed E-state index contributed by atoms with van der Waals surface area (Å²) >= 11 is -2.36. The molecular formula is C9H13IO4S-2. The fraction of sp³-hybridized carbons (Fsp3) is 1.00. The van der Waals surface area contributed by atoms with Crippen molar-refractivity contribution in [1.82, 2.24) is 0 Å². The molecule has 6 heteroatoms. The molecule has 0 N–H and O–H groups in total. The molecule has 2 bridgehead atoms. The summed E-state index contributed by atoms with van der Waals surface area (Å²) in [6.45, 7) is 4.14. The number of fused-ring (bicyclic) bond motifs is 1. The van der Waals surface area contributed by atoms with Gasteiger partial charge in [-0.05, 0) is 0 Å². The van der Waals surface area contributed by atoms with E-state index in [-0.39, 0.29) is 38.6 Å². The molecule has 3 heterocycles. The van der Waals surface area contributed by atoms with Gasteiger partial charge in [0.05, 0.1) is 0 Å². The summed E-state index contributed by atoms with van der Waals surface area (Å²) in [7, 11) is 0. The van der Waals surface area contributed by atoms with Crippen LogP contribution < -0.4 is 21.6 Å². The van der Waals surface area contributed by atoms with Crippen LogP contribution in [-0.2, 0) is 18.9 Å². The first-order chi connectivity index (χ1) is 7.00. The van der Waals surface area contributed by atoms with E-state index in [1.54, 1.807) is 0 Å². The molecule has 0 amide bonds. The molecule has 15 heavy (non-hydrogen) atoms. The molecule has 6 unspecified atom stereocenters. The Labute approximate surface area is 102 Å². The van der Waals surface area contributed by atoms with E-state index in [1.807, 2.05) is 6.92 Å². The van der Waals surface area contributed by atoms with Crippen molar-refractivity contribution >= 4 is 11.1 Å². The molecule has 88 valence electrons. The van der Waals surface area contributed by atoms with E-state index >= 15 is 0 Å². The SMILES string of the molecule is CC1C2O[I-]CC23OC1(C)CC3S(=O)[O-]. The van der Waals surface area contributed by atoms with Gasteiger partial charge in [0.1, 0.15) is 0 Å². The van der Waals surface area contributed by atoms with Crippen LogP contribution in [0.1, 0.15) is 20.3 Å². The van der Waals surface area contributed by atoms with Crippen molar-refractivity contribution in [2.24, 2.45) is 5.92 Å². The third-order valence-electron chi connectivity index (χ3n) is 4.11. The van der Waals surface area contributed by atoms with Gasteiger partial charge >= 0.3 is 102 Å². The van der Waals surface area contributed by atoms with E-state index in [2.05, 4.69) is 6.92 Å². The van der Waals surface area contributed by atoms with Crippen LogP contribution in [0.4, 0.5) is 0 Å².